The Morgan fingerprint density at radius 2 is 2.10 bits per heavy atom. The highest BCUT2D eigenvalue weighted by atomic mass is 35.5. The first kappa shape index (κ1) is 11.7. The van der Waals surface area contributed by atoms with Gasteiger partial charge in [0, 0.05) is 17.8 Å². The summed E-state index contributed by atoms with van der Waals surface area (Å²) in [6.07, 6.45) is 5.91. The molecule has 3 aromatic rings. The van der Waals surface area contributed by atoms with Crippen molar-refractivity contribution in [3.63, 3.8) is 0 Å². The third-order valence-electron chi connectivity index (χ3n) is 3.61. The molecular weight excluding hydrogens is 274 g/mol. The summed E-state index contributed by atoms with van der Waals surface area (Å²) in [6, 6.07) is 7.70. The van der Waals surface area contributed by atoms with Crippen molar-refractivity contribution in [2.45, 2.75) is 18.9 Å². The Morgan fingerprint density at radius 3 is 2.85 bits per heavy atom. The third-order valence-corrected chi connectivity index (χ3v) is 3.91. The Morgan fingerprint density at radius 1 is 1.25 bits per heavy atom. The summed E-state index contributed by atoms with van der Waals surface area (Å²) in [7, 11) is 0. The van der Waals surface area contributed by atoms with Gasteiger partial charge in [-0.2, -0.15) is 0 Å². The van der Waals surface area contributed by atoms with Crippen molar-refractivity contribution in [1.82, 2.24) is 14.5 Å². The lowest BCUT2D eigenvalue weighted by molar-refractivity contribution is 0.475. The van der Waals surface area contributed by atoms with Crippen LogP contribution in [0.15, 0.2) is 36.7 Å². The van der Waals surface area contributed by atoms with Gasteiger partial charge in [-0.15, -0.1) is 0 Å². The van der Waals surface area contributed by atoms with Crippen LogP contribution < -0.4 is 0 Å². The molecule has 0 atom stereocenters. The number of benzene rings is 1. The molecule has 2 aromatic heterocycles. The standard InChI is InChI=1S/C15H12ClN3O/c16-11-7-9(1-4-14(11)20)15-18-12-8-17-6-5-13(12)19(15)10-2-3-10/h1,4-8,10,20H,2-3H2. The van der Waals surface area contributed by atoms with Gasteiger partial charge in [0.1, 0.15) is 17.1 Å². The monoisotopic (exact) mass is 285 g/mol. The van der Waals surface area contributed by atoms with E-state index in [4.69, 9.17) is 11.6 Å². The fraction of sp³-hybridized carbons (Fsp3) is 0.200. The molecule has 0 radical (unpaired) electrons. The number of aromatic hydroxyl groups is 1. The van der Waals surface area contributed by atoms with Crippen LogP contribution in [-0.2, 0) is 0 Å². The lowest BCUT2D eigenvalue weighted by Gasteiger charge is -2.08. The number of phenols is 1. The van der Waals surface area contributed by atoms with Gasteiger partial charge in [-0.1, -0.05) is 11.6 Å². The predicted octanol–water partition coefficient (Wildman–Crippen LogP) is 3.79. The second-order valence-corrected chi connectivity index (χ2v) is 5.47. The lowest BCUT2D eigenvalue weighted by atomic mass is 10.2. The van der Waals surface area contributed by atoms with Crippen LogP contribution >= 0.6 is 11.6 Å². The molecule has 4 rings (SSSR count). The molecule has 1 fully saturated rings. The number of hydrogen-bond donors (Lipinski definition) is 1. The molecule has 0 bridgehead atoms. The van der Waals surface area contributed by atoms with Crippen LogP contribution in [0.3, 0.4) is 0 Å². The van der Waals surface area contributed by atoms with Crippen molar-refractivity contribution in [1.29, 1.82) is 0 Å². The van der Waals surface area contributed by atoms with Crippen molar-refractivity contribution in [3.8, 4) is 17.1 Å². The van der Waals surface area contributed by atoms with Crippen molar-refractivity contribution in [3.05, 3.63) is 41.7 Å². The van der Waals surface area contributed by atoms with E-state index in [2.05, 4.69) is 14.5 Å². The molecule has 0 saturated heterocycles. The molecule has 1 aliphatic carbocycles. The number of phenolic OH excluding ortho intramolecular Hbond substituents is 1. The van der Waals surface area contributed by atoms with E-state index in [0.717, 1.165) is 22.4 Å². The van der Waals surface area contributed by atoms with Crippen molar-refractivity contribution < 1.29 is 5.11 Å². The predicted molar refractivity (Wildman–Crippen MR) is 77.9 cm³/mol. The largest absolute Gasteiger partial charge is 0.506 e. The van der Waals surface area contributed by atoms with Gasteiger partial charge in [0.05, 0.1) is 16.7 Å². The van der Waals surface area contributed by atoms with Gasteiger partial charge in [-0.3, -0.25) is 4.98 Å². The molecule has 100 valence electrons. The van der Waals surface area contributed by atoms with Gasteiger partial charge >= 0.3 is 0 Å². The maximum atomic E-state index is 9.55. The van der Waals surface area contributed by atoms with Gasteiger partial charge in [0.25, 0.3) is 0 Å². The Hall–Kier alpha value is -2.07. The van der Waals surface area contributed by atoms with Gasteiger partial charge in [0.15, 0.2) is 0 Å². The number of hydrogen-bond acceptors (Lipinski definition) is 3. The average molecular weight is 286 g/mol. The Labute approximate surface area is 120 Å². The number of halogens is 1. The molecule has 0 amide bonds. The summed E-state index contributed by atoms with van der Waals surface area (Å²) < 4.78 is 2.25. The first-order valence-corrected chi connectivity index (χ1v) is 6.92. The van der Waals surface area contributed by atoms with Crippen molar-refractivity contribution in [2.75, 3.05) is 0 Å². The van der Waals surface area contributed by atoms with Crippen molar-refractivity contribution >= 4 is 22.6 Å². The molecular formula is C15H12ClN3O. The van der Waals surface area contributed by atoms with Crippen LogP contribution in [0.4, 0.5) is 0 Å². The molecule has 0 spiro atoms. The van der Waals surface area contributed by atoms with Crippen molar-refractivity contribution in [2.24, 2.45) is 0 Å². The molecule has 1 saturated carbocycles. The summed E-state index contributed by atoms with van der Waals surface area (Å²) in [6.45, 7) is 0. The SMILES string of the molecule is Oc1ccc(-c2nc3cnccc3n2C2CC2)cc1Cl. The minimum Gasteiger partial charge on any atom is -0.506 e. The maximum absolute atomic E-state index is 9.55. The zero-order valence-corrected chi connectivity index (χ0v) is 11.4. The summed E-state index contributed by atoms with van der Waals surface area (Å²) in [5.74, 6) is 0.976. The zero-order valence-electron chi connectivity index (χ0n) is 10.6. The van der Waals surface area contributed by atoms with E-state index >= 15 is 0 Å². The third kappa shape index (κ3) is 1.76. The normalized spacial score (nSPS) is 14.8. The van der Waals surface area contributed by atoms with Crippen LogP contribution in [0.5, 0.6) is 5.75 Å². The topological polar surface area (TPSA) is 50.9 Å². The first-order valence-electron chi connectivity index (χ1n) is 6.55. The van der Waals surface area contributed by atoms with E-state index in [1.165, 1.54) is 12.8 Å². The Kier molecular flexibility index (Phi) is 2.47. The first-order chi connectivity index (χ1) is 9.74. The molecule has 2 heterocycles. The number of nitrogens with zero attached hydrogens (tertiary/aromatic N) is 3. The second kappa shape index (κ2) is 4.21. The molecule has 20 heavy (non-hydrogen) atoms. The smallest absolute Gasteiger partial charge is 0.141 e. The van der Waals surface area contributed by atoms with E-state index in [9.17, 15) is 5.11 Å². The Balaban J connectivity index is 1.98. The van der Waals surface area contributed by atoms with Crippen LogP contribution in [0.2, 0.25) is 5.02 Å². The molecule has 0 unspecified atom stereocenters. The number of rotatable bonds is 2. The van der Waals surface area contributed by atoms with Crippen LogP contribution in [0.25, 0.3) is 22.4 Å². The van der Waals surface area contributed by atoms with E-state index in [1.54, 1.807) is 24.5 Å². The highest BCUT2D eigenvalue weighted by molar-refractivity contribution is 6.32. The van der Waals surface area contributed by atoms with E-state index in [-0.39, 0.29) is 5.75 Å². The van der Waals surface area contributed by atoms with E-state index < -0.39 is 0 Å². The Bertz CT molecular complexity index is 808. The zero-order chi connectivity index (χ0) is 13.7. The van der Waals surface area contributed by atoms with Gasteiger partial charge < -0.3 is 9.67 Å². The molecule has 4 nitrogen and oxygen atoms in total. The minimum absolute atomic E-state index is 0.0890. The van der Waals surface area contributed by atoms with E-state index in [0.29, 0.717) is 11.1 Å². The molecule has 1 aliphatic rings. The number of imidazole rings is 1. The minimum atomic E-state index is 0.0890. The van der Waals surface area contributed by atoms with Gasteiger partial charge in [-0.05, 0) is 37.1 Å². The average Bonchev–Trinajstić information content (AvgIpc) is 3.22. The fourth-order valence-electron chi connectivity index (χ4n) is 2.50. The fourth-order valence-corrected chi connectivity index (χ4v) is 2.68. The molecule has 1 N–H and O–H groups in total. The van der Waals surface area contributed by atoms with Gasteiger partial charge in [0.2, 0.25) is 0 Å². The second-order valence-electron chi connectivity index (χ2n) is 5.07. The summed E-state index contributed by atoms with van der Waals surface area (Å²) >= 11 is 6.01. The van der Waals surface area contributed by atoms with Gasteiger partial charge in [-0.25, -0.2) is 4.98 Å². The highest BCUT2D eigenvalue weighted by Gasteiger charge is 2.28. The summed E-state index contributed by atoms with van der Waals surface area (Å²) in [4.78, 5) is 8.81. The van der Waals surface area contributed by atoms with Crippen LogP contribution in [0, 0.1) is 0 Å². The summed E-state index contributed by atoms with van der Waals surface area (Å²) in [5, 5.41) is 9.89. The number of aromatic nitrogens is 3. The molecule has 0 aliphatic heterocycles. The molecule has 5 heteroatoms. The summed E-state index contributed by atoms with van der Waals surface area (Å²) in [5.41, 5.74) is 2.90. The maximum Gasteiger partial charge on any atom is 0.141 e. The van der Waals surface area contributed by atoms with E-state index in [1.807, 2.05) is 12.1 Å². The lowest BCUT2D eigenvalue weighted by Crippen LogP contribution is -1.97. The number of fused-ring (bicyclic) bond motifs is 1. The van der Waals surface area contributed by atoms with Crippen LogP contribution in [-0.4, -0.2) is 19.6 Å². The highest BCUT2D eigenvalue weighted by Crippen LogP contribution is 2.41. The van der Waals surface area contributed by atoms with Crippen LogP contribution in [0.1, 0.15) is 18.9 Å². The molecule has 1 aromatic carbocycles. The quantitative estimate of drug-likeness (QED) is 0.779. The number of pyridine rings is 1.